The SMILES string of the molecule is Cc1ccc(C#N)cc1S(=O)(=O)N1CCC(n2ncc(NC[C@@]3(F)CCCOC3)c(C)c2=O)CC1. The second kappa shape index (κ2) is 10.0. The van der Waals surface area contributed by atoms with E-state index in [2.05, 4.69) is 10.4 Å². The van der Waals surface area contributed by atoms with E-state index in [0.29, 0.717) is 54.7 Å². The van der Waals surface area contributed by atoms with E-state index in [0.717, 1.165) is 0 Å². The van der Waals surface area contributed by atoms with Gasteiger partial charge in [0, 0.05) is 25.3 Å². The smallest absolute Gasteiger partial charge is 0.272 e. The molecule has 188 valence electrons. The highest BCUT2D eigenvalue weighted by molar-refractivity contribution is 7.89. The molecule has 35 heavy (non-hydrogen) atoms. The van der Waals surface area contributed by atoms with Crippen LogP contribution in [0, 0.1) is 25.2 Å². The van der Waals surface area contributed by atoms with Gasteiger partial charge in [-0.2, -0.15) is 14.7 Å². The summed E-state index contributed by atoms with van der Waals surface area (Å²) in [5, 5.41) is 16.5. The van der Waals surface area contributed by atoms with Gasteiger partial charge in [-0.1, -0.05) is 6.07 Å². The number of benzene rings is 1. The predicted octanol–water partition coefficient (Wildman–Crippen LogP) is 2.69. The molecule has 11 heteroatoms. The third kappa shape index (κ3) is 5.24. The Kier molecular flexibility index (Phi) is 7.26. The van der Waals surface area contributed by atoms with Crippen LogP contribution in [0.15, 0.2) is 34.1 Å². The van der Waals surface area contributed by atoms with E-state index < -0.39 is 15.7 Å². The van der Waals surface area contributed by atoms with E-state index in [1.54, 1.807) is 26.0 Å². The van der Waals surface area contributed by atoms with Gasteiger partial charge in [0.05, 0.1) is 47.6 Å². The molecular formula is C24H30FN5O4S. The largest absolute Gasteiger partial charge is 0.380 e. The highest BCUT2D eigenvalue weighted by atomic mass is 32.2. The number of aromatic nitrogens is 2. The summed E-state index contributed by atoms with van der Waals surface area (Å²) >= 11 is 0. The number of nitrogens with one attached hydrogen (secondary N) is 1. The minimum absolute atomic E-state index is 0.0331. The molecule has 0 aliphatic carbocycles. The summed E-state index contributed by atoms with van der Waals surface area (Å²) in [6.45, 7) is 4.49. The Balaban J connectivity index is 1.44. The first kappa shape index (κ1) is 25.3. The second-order valence-electron chi connectivity index (χ2n) is 9.32. The number of nitriles is 1. The van der Waals surface area contributed by atoms with Crippen molar-refractivity contribution in [1.82, 2.24) is 14.1 Å². The molecule has 2 saturated heterocycles. The number of anilines is 1. The van der Waals surface area contributed by atoms with Gasteiger partial charge < -0.3 is 10.1 Å². The fourth-order valence-corrected chi connectivity index (χ4v) is 6.34. The molecule has 1 N–H and O–H groups in total. The molecule has 2 aliphatic heterocycles. The van der Waals surface area contributed by atoms with Crippen molar-refractivity contribution in [3.63, 3.8) is 0 Å². The molecule has 9 nitrogen and oxygen atoms in total. The lowest BCUT2D eigenvalue weighted by atomic mass is 9.98. The second-order valence-corrected chi connectivity index (χ2v) is 11.2. The van der Waals surface area contributed by atoms with Crippen LogP contribution in [-0.4, -0.2) is 61.0 Å². The van der Waals surface area contributed by atoms with Crippen molar-refractivity contribution in [3.05, 3.63) is 51.4 Å². The van der Waals surface area contributed by atoms with Crippen molar-refractivity contribution in [1.29, 1.82) is 5.26 Å². The summed E-state index contributed by atoms with van der Waals surface area (Å²) in [5.74, 6) is 0. The Hall–Kier alpha value is -2.81. The highest BCUT2D eigenvalue weighted by Gasteiger charge is 2.34. The van der Waals surface area contributed by atoms with Gasteiger partial charge in [-0.05, 0) is 57.2 Å². The van der Waals surface area contributed by atoms with E-state index in [-0.39, 0.29) is 42.7 Å². The minimum Gasteiger partial charge on any atom is -0.380 e. The Labute approximate surface area is 204 Å². The molecule has 3 heterocycles. The summed E-state index contributed by atoms with van der Waals surface area (Å²) in [4.78, 5) is 13.1. The average molecular weight is 504 g/mol. The number of nitrogens with zero attached hydrogens (tertiary/aromatic N) is 4. The van der Waals surface area contributed by atoms with Crippen LogP contribution in [0.5, 0.6) is 0 Å². The van der Waals surface area contributed by atoms with E-state index in [1.165, 1.54) is 21.3 Å². The van der Waals surface area contributed by atoms with Gasteiger partial charge in [-0.3, -0.25) is 4.79 Å². The molecule has 0 radical (unpaired) electrons. The fourth-order valence-electron chi connectivity index (χ4n) is 4.62. The van der Waals surface area contributed by atoms with Crippen molar-refractivity contribution in [2.75, 3.05) is 38.2 Å². The highest BCUT2D eigenvalue weighted by Crippen LogP contribution is 2.28. The van der Waals surface area contributed by atoms with Crippen LogP contribution in [0.25, 0.3) is 0 Å². The van der Waals surface area contributed by atoms with Crippen LogP contribution >= 0.6 is 0 Å². The van der Waals surface area contributed by atoms with Gasteiger partial charge in [0.25, 0.3) is 5.56 Å². The van der Waals surface area contributed by atoms with E-state index in [4.69, 9.17) is 10.00 Å². The molecule has 0 spiro atoms. The van der Waals surface area contributed by atoms with Gasteiger partial charge in [-0.25, -0.2) is 17.5 Å². The summed E-state index contributed by atoms with van der Waals surface area (Å²) in [5.41, 5.74) is 0.0576. The van der Waals surface area contributed by atoms with Crippen LogP contribution in [-0.2, 0) is 14.8 Å². The number of sulfonamides is 1. The zero-order valence-corrected chi connectivity index (χ0v) is 20.8. The molecule has 2 aliphatic rings. The Morgan fingerprint density at radius 3 is 2.71 bits per heavy atom. The number of hydrogen-bond donors (Lipinski definition) is 1. The molecule has 0 unspecified atom stereocenters. The molecule has 4 rings (SSSR count). The lowest BCUT2D eigenvalue weighted by molar-refractivity contribution is -0.0234. The van der Waals surface area contributed by atoms with E-state index in [9.17, 15) is 17.6 Å². The number of halogens is 1. The minimum atomic E-state index is -3.76. The normalized spacial score (nSPS) is 22.0. The molecule has 1 aromatic carbocycles. The zero-order valence-electron chi connectivity index (χ0n) is 20.0. The number of alkyl halides is 1. The van der Waals surface area contributed by atoms with Gasteiger partial charge >= 0.3 is 0 Å². The lowest BCUT2D eigenvalue weighted by Crippen LogP contribution is -2.42. The van der Waals surface area contributed by atoms with Gasteiger partial charge in [-0.15, -0.1) is 0 Å². The van der Waals surface area contributed by atoms with Crippen LogP contribution in [0.1, 0.15) is 48.4 Å². The summed E-state index contributed by atoms with van der Waals surface area (Å²) in [6.07, 6.45) is 3.46. The first-order chi connectivity index (χ1) is 16.6. The third-order valence-corrected chi connectivity index (χ3v) is 8.86. The fraction of sp³-hybridized carbons (Fsp3) is 0.542. The first-order valence-corrected chi connectivity index (χ1v) is 13.2. The summed E-state index contributed by atoms with van der Waals surface area (Å²) in [6, 6.07) is 6.37. The molecule has 2 fully saturated rings. The molecule has 0 saturated carbocycles. The zero-order chi connectivity index (χ0) is 25.2. The van der Waals surface area contributed by atoms with E-state index >= 15 is 0 Å². The van der Waals surface area contributed by atoms with Crippen molar-refractivity contribution in [2.45, 2.75) is 56.1 Å². The maximum atomic E-state index is 14.8. The van der Waals surface area contributed by atoms with Crippen LogP contribution in [0.3, 0.4) is 0 Å². The topological polar surface area (TPSA) is 117 Å². The molecule has 1 aromatic heterocycles. The number of aryl methyl sites for hydroxylation is 1. The molecule has 2 aromatic rings. The standard InChI is InChI=1S/C24H30FN5O4S/c1-17-4-5-19(13-26)12-22(17)35(32,33)29-9-6-20(7-10-29)30-23(31)18(2)21(14-28-30)27-15-24(25)8-3-11-34-16-24/h4-5,12,14,20,27H,3,6-11,15-16H2,1-2H3/t24-/m0/s1. The Morgan fingerprint density at radius 2 is 2.06 bits per heavy atom. The molecule has 0 amide bonds. The maximum absolute atomic E-state index is 14.8. The van der Waals surface area contributed by atoms with Crippen molar-refractivity contribution in [2.24, 2.45) is 0 Å². The quantitative estimate of drug-likeness (QED) is 0.644. The number of hydrogen-bond acceptors (Lipinski definition) is 7. The lowest BCUT2D eigenvalue weighted by Gasteiger charge is -2.32. The molecule has 0 bridgehead atoms. The van der Waals surface area contributed by atoms with Crippen molar-refractivity contribution in [3.8, 4) is 6.07 Å². The van der Waals surface area contributed by atoms with E-state index in [1.807, 2.05) is 6.07 Å². The van der Waals surface area contributed by atoms with Crippen LogP contribution in [0.4, 0.5) is 10.1 Å². The van der Waals surface area contributed by atoms with Crippen LogP contribution in [0.2, 0.25) is 0 Å². The number of rotatable bonds is 6. The molecular weight excluding hydrogens is 473 g/mol. The van der Waals surface area contributed by atoms with Crippen molar-refractivity contribution >= 4 is 15.7 Å². The van der Waals surface area contributed by atoms with Gasteiger partial charge in [0.1, 0.15) is 0 Å². The van der Waals surface area contributed by atoms with Gasteiger partial charge in [0.2, 0.25) is 10.0 Å². The third-order valence-electron chi connectivity index (χ3n) is 6.82. The number of piperidine rings is 1. The number of ether oxygens (including phenoxy) is 1. The van der Waals surface area contributed by atoms with Crippen molar-refractivity contribution < 1.29 is 17.5 Å². The Bertz CT molecular complexity index is 1290. The Morgan fingerprint density at radius 1 is 1.31 bits per heavy atom. The maximum Gasteiger partial charge on any atom is 0.272 e. The van der Waals surface area contributed by atoms with Gasteiger partial charge in [0.15, 0.2) is 5.67 Å². The average Bonchev–Trinajstić information content (AvgIpc) is 2.86. The predicted molar refractivity (Wildman–Crippen MR) is 129 cm³/mol. The van der Waals surface area contributed by atoms with Crippen LogP contribution < -0.4 is 10.9 Å². The summed E-state index contributed by atoms with van der Waals surface area (Å²) in [7, 11) is -3.76. The first-order valence-electron chi connectivity index (χ1n) is 11.7. The summed E-state index contributed by atoms with van der Waals surface area (Å²) < 4.78 is 49.3. The molecule has 1 atom stereocenters. The monoisotopic (exact) mass is 503 g/mol.